The summed E-state index contributed by atoms with van der Waals surface area (Å²) in [4.78, 5) is 20.4. The molecule has 25 heavy (non-hydrogen) atoms. The fourth-order valence-electron chi connectivity index (χ4n) is 3.42. The molecule has 1 aliphatic heterocycles. The van der Waals surface area contributed by atoms with Crippen LogP contribution in [0.3, 0.4) is 0 Å². The topological polar surface area (TPSA) is 111 Å². The molecule has 1 amide bonds. The van der Waals surface area contributed by atoms with Gasteiger partial charge >= 0.3 is 0 Å². The van der Waals surface area contributed by atoms with Crippen molar-refractivity contribution in [2.45, 2.75) is 56.7 Å². The Labute approximate surface area is 147 Å². The van der Waals surface area contributed by atoms with Gasteiger partial charge in [-0.2, -0.15) is 4.98 Å². The summed E-state index contributed by atoms with van der Waals surface area (Å²) in [6.45, 7) is 1.38. The highest BCUT2D eigenvalue weighted by Gasteiger charge is 2.23. The van der Waals surface area contributed by atoms with Crippen molar-refractivity contribution in [2.75, 3.05) is 31.0 Å². The van der Waals surface area contributed by atoms with Crippen molar-refractivity contribution in [3.05, 3.63) is 11.8 Å². The second kappa shape index (κ2) is 8.44. The molecule has 0 radical (unpaired) electrons. The van der Waals surface area contributed by atoms with Gasteiger partial charge in [0.15, 0.2) is 0 Å². The van der Waals surface area contributed by atoms with Crippen molar-refractivity contribution in [1.29, 1.82) is 0 Å². The van der Waals surface area contributed by atoms with E-state index in [1.54, 1.807) is 7.11 Å². The van der Waals surface area contributed by atoms with Crippen molar-refractivity contribution >= 4 is 17.7 Å². The van der Waals surface area contributed by atoms with Crippen LogP contribution >= 0.6 is 0 Å². The fourth-order valence-corrected chi connectivity index (χ4v) is 3.42. The molecule has 1 aromatic rings. The molecule has 138 valence electrons. The number of hydrogen-bond donors (Lipinski definition) is 3. The number of aromatic nitrogens is 2. The number of nitrogens with zero attached hydrogens (tertiary/aromatic N) is 2. The zero-order valence-electron chi connectivity index (χ0n) is 14.7. The predicted molar refractivity (Wildman–Crippen MR) is 94.7 cm³/mol. The zero-order chi connectivity index (χ0) is 17.6. The molecule has 2 fully saturated rings. The maximum atomic E-state index is 11.7. The third-order valence-corrected chi connectivity index (χ3v) is 4.90. The van der Waals surface area contributed by atoms with Crippen LogP contribution in [0.1, 0.15) is 48.9 Å². The number of amides is 1. The summed E-state index contributed by atoms with van der Waals surface area (Å²) in [5.41, 5.74) is 5.76. The van der Waals surface area contributed by atoms with Crippen LogP contribution in [0.15, 0.2) is 6.20 Å². The monoisotopic (exact) mass is 349 g/mol. The summed E-state index contributed by atoms with van der Waals surface area (Å²) in [5, 5.41) is 6.66. The molecule has 0 unspecified atom stereocenters. The Morgan fingerprint density at radius 1 is 1.24 bits per heavy atom. The highest BCUT2D eigenvalue weighted by molar-refractivity contribution is 5.97. The SMILES string of the molecule is CO[C@H]1CC[C@H](Nc2ncc(C(N)=O)c(N[C@@H]3CCCOC3)n2)CC1. The molecule has 1 saturated heterocycles. The van der Waals surface area contributed by atoms with Gasteiger partial charge < -0.3 is 25.8 Å². The minimum absolute atomic E-state index is 0.131. The van der Waals surface area contributed by atoms with Gasteiger partial charge in [-0.15, -0.1) is 0 Å². The molecule has 0 spiro atoms. The Bertz CT molecular complexity index is 584. The summed E-state index contributed by atoms with van der Waals surface area (Å²) in [6, 6.07) is 0.448. The van der Waals surface area contributed by atoms with Crippen LogP contribution in [-0.4, -0.2) is 54.4 Å². The molecule has 1 atom stereocenters. The Balaban J connectivity index is 1.68. The number of nitrogens with two attached hydrogens (primary N) is 1. The number of hydrogen-bond acceptors (Lipinski definition) is 7. The molecular weight excluding hydrogens is 322 g/mol. The highest BCUT2D eigenvalue weighted by Crippen LogP contribution is 2.24. The van der Waals surface area contributed by atoms with E-state index in [-0.39, 0.29) is 6.04 Å². The lowest BCUT2D eigenvalue weighted by atomic mass is 9.93. The Morgan fingerprint density at radius 2 is 2.04 bits per heavy atom. The fraction of sp³-hybridized carbons (Fsp3) is 0.706. The smallest absolute Gasteiger partial charge is 0.254 e. The van der Waals surface area contributed by atoms with Gasteiger partial charge in [0.05, 0.1) is 24.3 Å². The average molecular weight is 349 g/mol. The average Bonchev–Trinajstić information content (AvgIpc) is 2.63. The molecule has 8 heteroatoms. The van der Waals surface area contributed by atoms with Crippen LogP contribution in [0.5, 0.6) is 0 Å². The molecule has 2 aliphatic rings. The Kier molecular flexibility index (Phi) is 6.04. The lowest BCUT2D eigenvalue weighted by Crippen LogP contribution is -2.32. The third kappa shape index (κ3) is 4.79. The van der Waals surface area contributed by atoms with Crippen LogP contribution in [0.4, 0.5) is 11.8 Å². The lowest BCUT2D eigenvalue weighted by molar-refractivity contribution is 0.0681. The number of carbonyl (C=O) groups excluding carboxylic acids is 1. The van der Waals surface area contributed by atoms with Gasteiger partial charge in [0.2, 0.25) is 5.95 Å². The molecule has 4 N–H and O–H groups in total. The zero-order valence-corrected chi connectivity index (χ0v) is 14.7. The lowest BCUT2D eigenvalue weighted by Gasteiger charge is -2.28. The predicted octanol–water partition coefficient (Wildman–Crippen LogP) is 1.54. The quantitative estimate of drug-likeness (QED) is 0.714. The first kappa shape index (κ1) is 17.9. The first-order chi connectivity index (χ1) is 12.2. The second-order valence-corrected chi connectivity index (χ2v) is 6.73. The summed E-state index contributed by atoms with van der Waals surface area (Å²) >= 11 is 0. The third-order valence-electron chi connectivity index (χ3n) is 4.90. The van der Waals surface area contributed by atoms with E-state index < -0.39 is 5.91 Å². The van der Waals surface area contributed by atoms with E-state index in [0.717, 1.165) is 45.1 Å². The highest BCUT2D eigenvalue weighted by atomic mass is 16.5. The van der Waals surface area contributed by atoms with Crippen LogP contribution in [0.25, 0.3) is 0 Å². The number of rotatable bonds is 6. The summed E-state index contributed by atoms with van der Waals surface area (Å²) in [6.07, 6.45) is 7.88. The molecule has 1 aromatic heterocycles. The van der Waals surface area contributed by atoms with E-state index in [1.807, 2.05) is 0 Å². The number of methoxy groups -OCH3 is 1. The van der Waals surface area contributed by atoms with Gasteiger partial charge in [0.25, 0.3) is 5.91 Å². The molecule has 1 saturated carbocycles. The maximum Gasteiger partial charge on any atom is 0.254 e. The van der Waals surface area contributed by atoms with Crippen LogP contribution in [0.2, 0.25) is 0 Å². The molecule has 3 rings (SSSR count). The number of anilines is 2. The van der Waals surface area contributed by atoms with Gasteiger partial charge in [0, 0.05) is 26.0 Å². The van der Waals surface area contributed by atoms with Crippen LogP contribution < -0.4 is 16.4 Å². The first-order valence-electron chi connectivity index (χ1n) is 8.96. The van der Waals surface area contributed by atoms with Gasteiger partial charge in [-0.3, -0.25) is 4.79 Å². The summed E-state index contributed by atoms with van der Waals surface area (Å²) in [7, 11) is 1.76. The molecule has 8 nitrogen and oxygen atoms in total. The largest absolute Gasteiger partial charge is 0.381 e. The minimum atomic E-state index is -0.536. The second-order valence-electron chi connectivity index (χ2n) is 6.73. The molecule has 0 bridgehead atoms. The van der Waals surface area contributed by atoms with Gasteiger partial charge in [-0.05, 0) is 38.5 Å². The number of carbonyl (C=O) groups is 1. The van der Waals surface area contributed by atoms with Crippen molar-refractivity contribution in [1.82, 2.24) is 9.97 Å². The number of primary amides is 1. The van der Waals surface area contributed by atoms with Crippen molar-refractivity contribution in [2.24, 2.45) is 5.73 Å². The normalized spacial score (nSPS) is 26.8. The Morgan fingerprint density at radius 3 is 2.68 bits per heavy atom. The Hall–Kier alpha value is -1.93. The van der Waals surface area contributed by atoms with E-state index in [0.29, 0.717) is 36.1 Å². The van der Waals surface area contributed by atoms with Crippen molar-refractivity contribution in [3.63, 3.8) is 0 Å². The van der Waals surface area contributed by atoms with E-state index in [2.05, 4.69) is 20.6 Å². The number of nitrogens with one attached hydrogen (secondary N) is 2. The number of ether oxygens (including phenoxy) is 2. The molecule has 2 heterocycles. The molecule has 0 aromatic carbocycles. The van der Waals surface area contributed by atoms with Crippen LogP contribution in [0, 0.1) is 0 Å². The van der Waals surface area contributed by atoms with Crippen molar-refractivity contribution in [3.8, 4) is 0 Å². The van der Waals surface area contributed by atoms with Crippen molar-refractivity contribution < 1.29 is 14.3 Å². The van der Waals surface area contributed by atoms with E-state index in [4.69, 9.17) is 15.2 Å². The van der Waals surface area contributed by atoms with Gasteiger partial charge in [-0.25, -0.2) is 4.98 Å². The summed E-state index contributed by atoms with van der Waals surface area (Å²) < 4.78 is 10.9. The standard InChI is InChI=1S/C17H27N5O3/c1-24-13-6-4-11(5-7-13)21-17-19-9-14(15(18)23)16(22-17)20-12-3-2-8-25-10-12/h9,11-13H,2-8,10H2,1H3,(H2,18,23)(H2,19,20,21,22)/t11-,12-,13-/m1/s1. The van der Waals surface area contributed by atoms with Gasteiger partial charge in [-0.1, -0.05) is 0 Å². The first-order valence-corrected chi connectivity index (χ1v) is 8.96. The van der Waals surface area contributed by atoms with E-state index in [9.17, 15) is 4.79 Å². The van der Waals surface area contributed by atoms with E-state index in [1.165, 1.54) is 6.20 Å². The van der Waals surface area contributed by atoms with E-state index >= 15 is 0 Å². The molecule has 1 aliphatic carbocycles. The minimum Gasteiger partial charge on any atom is -0.381 e. The summed E-state index contributed by atoms with van der Waals surface area (Å²) in [5.74, 6) is 0.461. The molecular formula is C17H27N5O3. The van der Waals surface area contributed by atoms with Gasteiger partial charge in [0.1, 0.15) is 5.82 Å². The maximum absolute atomic E-state index is 11.7. The van der Waals surface area contributed by atoms with Crippen LogP contribution in [-0.2, 0) is 9.47 Å².